The summed E-state index contributed by atoms with van der Waals surface area (Å²) < 4.78 is 0. The zero-order chi connectivity index (χ0) is 14.6. The second-order valence-electron chi connectivity index (χ2n) is 3.83. The van der Waals surface area contributed by atoms with Crippen molar-refractivity contribution >= 4 is 12.0 Å². The first-order valence-corrected chi connectivity index (χ1v) is 6.64. The van der Waals surface area contributed by atoms with E-state index >= 15 is 0 Å². The molecule has 0 amide bonds. The van der Waals surface area contributed by atoms with Crippen LogP contribution in [0.1, 0.15) is 58.8 Å². The lowest BCUT2D eigenvalue weighted by atomic mass is 10.2. The monoisotopic (exact) mass is 249 g/mol. The van der Waals surface area contributed by atoms with Crippen LogP contribution in [0, 0.1) is 0 Å². The van der Waals surface area contributed by atoms with Gasteiger partial charge in [-0.1, -0.05) is 58.0 Å². The number of nitrogens with zero attached hydrogens (tertiary/aromatic N) is 1. The summed E-state index contributed by atoms with van der Waals surface area (Å²) in [6.45, 7) is 13.7. The highest BCUT2D eigenvalue weighted by Crippen LogP contribution is 2.15. The normalized spacial score (nSPS) is 12.6. The van der Waals surface area contributed by atoms with Gasteiger partial charge in [0.25, 0.3) is 0 Å². The molecule has 2 nitrogen and oxygen atoms in total. The third-order valence-electron chi connectivity index (χ3n) is 1.83. The quantitative estimate of drug-likeness (QED) is 0.658. The van der Waals surface area contributed by atoms with Gasteiger partial charge in [0, 0.05) is 11.8 Å². The third kappa shape index (κ3) is 11.1. The number of Topliss-reactive ketones (excluding diaryl/α,β-unsaturated/α-hetero) is 1. The van der Waals surface area contributed by atoms with Crippen LogP contribution in [0.15, 0.2) is 35.3 Å². The van der Waals surface area contributed by atoms with Gasteiger partial charge in [-0.2, -0.15) is 0 Å². The molecule has 1 aromatic rings. The van der Waals surface area contributed by atoms with Crippen molar-refractivity contribution in [2.45, 2.75) is 54.0 Å². The second kappa shape index (κ2) is 10.7. The highest BCUT2D eigenvalue weighted by molar-refractivity contribution is 5.93. The van der Waals surface area contributed by atoms with E-state index in [1.54, 1.807) is 6.92 Å². The molecule has 0 atom stereocenters. The Morgan fingerprint density at radius 1 is 1.00 bits per heavy atom. The molecular weight excluding hydrogens is 222 g/mol. The Bertz CT molecular complexity index is 331. The zero-order valence-electron chi connectivity index (χ0n) is 12.8. The van der Waals surface area contributed by atoms with Gasteiger partial charge in [0.15, 0.2) is 5.78 Å². The smallest absolute Gasteiger partial charge is 0.159 e. The van der Waals surface area contributed by atoms with E-state index in [0.29, 0.717) is 0 Å². The van der Waals surface area contributed by atoms with Crippen LogP contribution in [0.25, 0.3) is 0 Å². The Balaban J connectivity index is 0. The fourth-order valence-electron chi connectivity index (χ4n) is 0.802. The molecule has 0 unspecified atom stereocenters. The molecule has 0 aliphatic carbocycles. The molecule has 0 bridgehead atoms. The summed E-state index contributed by atoms with van der Waals surface area (Å²) in [5, 5.41) is 0. The molecule has 0 N–H and O–H groups in total. The van der Waals surface area contributed by atoms with Crippen LogP contribution in [0.4, 0.5) is 0 Å². The molecule has 18 heavy (non-hydrogen) atoms. The van der Waals surface area contributed by atoms with Crippen LogP contribution in [0.5, 0.6) is 0 Å². The van der Waals surface area contributed by atoms with Gasteiger partial charge in [0.05, 0.1) is 5.54 Å². The van der Waals surface area contributed by atoms with Gasteiger partial charge in [-0.15, -0.1) is 0 Å². The van der Waals surface area contributed by atoms with Gasteiger partial charge in [-0.3, -0.25) is 9.79 Å². The van der Waals surface area contributed by atoms with Crippen LogP contribution >= 0.6 is 0 Å². The second-order valence-corrected chi connectivity index (χ2v) is 3.83. The first kappa shape index (κ1) is 18.9. The number of hydrogen-bond donors (Lipinski definition) is 0. The van der Waals surface area contributed by atoms with Crippen molar-refractivity contribution in [3.63, 3.8) is 0 Å². The SMILES string of the molecule is CC.CC.CC(=O)c1ccccc1.CC1(C)C=N1. The van der Waals surface area contributed by atoms with Crippen molar-refractivity contribution in [2.24, 2.45) is 4.99 Å². The molecule has 102 valence electrons. The van der Waals surface area contributed by atoms with Gasteiger partial charge in [-0.25, -0.2) is 0 Å². The van der Waals surface area contributed by atoms with Crippen molar-refractivity contribution in [2.75, 3.05) is 0 Å². The average Bonchev–Trinajstić information content (AvgIpc) is 3.11. The first-order valence-electron chi connectivity index (χ1n) is 6.64. The number of carbonyl (C=O) groups is 1. The minimum Gasteiger partial charge on any atom is -0.295 e. The van der Waals surface area contributed by atoms with Crippen molar-refractivity contribution in [3.8, 4) is 0 Å². The molecule has 0 saturated heterocycles. The van der Waals surface area contributed by atoms with Crippen molar-refractivity contribution in [1.29, 1.82) is 0 Å². The van der Waals surface area contributed by atoms with Gasteiger partial charge in [-0.05, 0) is 20.8 Å². The minimum atomic E-state index is 0.121. The van der Waals surface area contributed by atoms with E-state index in [-0.39, 0.29) is 11.3 Å². The summed E-state index contributed by atoms with van der Waals surface area (Å²) in [5.74, 6) is 0.121. The van der Waals surface area contributed by atoms with Crippen molar-refractivity contribution in [3.05, 3.63) is 35.9 Å². The Morgan fingerprint density at radius 3 is 1.50 bits per heavy atom. The summed E-state index contributed by atoms with van der Waals surface area (Å²) in [4.78, 5) is 14.6. The number of aliphatic imine (C=N–C) groups is 1. The van der Waals surface area contributed by atoms with Crippen molar-refractivity contribution < 1.29 is 4.79 Å². The lowest BCUT2D eigenvalue weighted by Gasteiger charge is -1.89. The molecule has 1 aliphatic heterocycles. The Labute approximate surface area is 112 Å². The molecule has 0 fully saturated rings. The van der Waals surface area contributed by atoms with E-state index in [1.807, 2.05) is 64.2 Å². The van der Waals surface area contributed by atoms with E-state index in [4.69, 9.17) is 0 Å². The highest BCUT2D eigenvalue weighted by Gasteiger charge is 2.21. The van der Waals surface area contributed by atoms with E-state index < -0.39 is 0 Å². The van der Waals surface area contributed by atoms with Crippen LogP contribution in [0.2, 0.25) is 0 Å². The molecule has 0 saturated carbocycles. The topological polar surface area (TPSA) is 29.4 Å². The lowest BCUT2D eigenvalue weighted by molar-refractivity contribution is 0.101. The van der Waals surface area contributed by atoms with E-state index in [1.165, 1.54) is 0 Å². The van der Waals surface area contributed by atoms with Crippen LogP contribution < -0.4 is 0 Å². The first-order chi connectivity index (χ1) is 8.51. The molecule has 2 heteroatoms. The van der Waals surface area contributed by atoms with E-state index in [0.717, 1.165) is 5.56 Å². The zero-order valence-corrected chi connectivity index (χ0v) is 12.8. The Kier molecular flexibility index (Phi) is 11.2. The van der Waals surface area contributed by atoms with Gasteiger partial charge < -0.3 is 0 Å². The van der Waals surface area contributed by atoms with Crippen LogP contribution in [-0.4, -0.2) is 17.5 Å². The fourth-order valence-corrected chi connectivity index (χ4v) is 0.802. The molecule has 1 heterocycles. The minimum absolute atomic E-state index is 0.121. The Hall–Kier alpha value is -1.44. The number of hydrogen-bond acceptors (Lipinski definition) is 2. The fraction of sp³-hybridized carbons (Fsp3) is 0.500. The van der Waals surface area contributed by atoms with Crippen LogP contribution in [0.3, 0.4) is 0 Å². The standard InChI is InChI=1S/C8H8O.C4H7N.2C2H6/c1-7(9)8-5-3-2-4-6-8;1-4(2)3-5-4;2*1-2/h2-6H,1H3;3H,1-2H3;2*1-2H3. The Morgan fingerprint density at radius 2 is 1.33 bits per heavy atom. The number of carbonyl (C=O) groups excluding carboxylic acids is 1. The van der Waals surface area contributed by atoms with Gasteiger partial charge >= 0.3 is 0 Å². The summed E-state index contributed by atoms with van der Waals surface area (Å²) in [5.41, 5.74) is 1.03. The molecule has 1 aliphatic rings. The maximum Gasteiger partial charge on any atom is 0.159 e. The summed E-state index contributed by atoms with van der Waals surface area (Å²) in [6, 6.07) is 9.23. The summed E-state index contributed by atoms with van der Waals surface area (Å²) in [6.07, 6.45) is 1.94. The molecule has 2 rings (SSSR count). The van der Waals surface area contributed by atoms with Crippen LogP contribution in [-0.2, 0) is 0 Å². The molecular formula is C16H27NO. The molecule has 1 aromatic carbocycles. The third-order valence-corrected chi connectivity index (χ3v) is 1.83. The number of ketones is 1. The largest absolute Gasteiger partial charge is 0.295 e. The lowest BCUT2D eigenvalue weighted by Crippen LogP contribution is -1.94. The number of benzene rings is 1. The summed E-state index contributed by atoms with van der Waals surface area (Å²) in [7, 11) is 0. The van der Waals surface area contributed by atoms with Gasteiger partial charge in [0.1, 0.15) is 0 Å². The predicted octanol–water partition coefficient (Wildman–Crippen LogP) is 4.79. The van der Waals surface area contributed by atoms with E-state index in [9.17, 15) is 4.79 Å². The average molecular weight is 249 g/mol. The maximum absolute atomic E-state index is 10.6. The molecule has 0 spiro atoms. The maximum atomic E-state index is 10.6. The highest BCUT2D eigenvalue weighted by atomic mass is 16.1. The molecule has 0 radical (unpaired) electrons. The summed E-state index contributed by atoms with van der Waals surface area (Å²) >= 11 is 0. The molecule has 0 aromatic heterocycles. The van der Waals surface area contributed by atoms with Gasteiger partial charge in [0.2, 0.25) is 0 Å². The van der Waals surface area contributed by atoms with Crippen molar-refractivity contribution in [1.82, 2.24) is 0 Å². The predicted molar refractivity (Wildman–Crippen MR) is 81.7 cm³/mol. The number of rotatable bonds is 1. The van der Waals surface area contributed by atoms with E-state index in [2.05, 4.69) is 18.8 Å².